The quantitative estimate of drug-likeness (QED) is 0.555. The highest BCUT2D eigenvalue weighted by molar-refractivity contribution is 7.14. The van der Waals surface area contributed by atoms with Gasteiger partial charge in [-0.25, -0.2) is 9.37 Å². The lowest BCUT2D eigenvalue weighted by molar-refractivity contribution is -0.117. The molecule has 0 spiro atoms. The molecule has 0 radical (unpaired) electrons. The Morgan fingerprint density at radius 3 is 2.74 bits per heavy atom. The molecule has 1 amide bonds. The van der Waals surface area contributed by atoms with Crippen LogP contribution in [-0.2, 0) is 11.2 Å². The summed E-state index contributed by atoms with van der Waals surface area (Å²) in [5.41, 5.74) is 2.38. The van der Waals surface area contributed by atoms with Crippen LogP contribution in [0.1, 0.15) is 5.56 Å². The van der Waals surface area contributed by atoms with Crippen LogP contribution in [0.3, 0.4) is 0 Å². The van der Waals surface area contributed by atoms with Gasteiger partial charge in [0, 0.05) is 17.5 Å². The van der Waals surface area contributed by atoms with E-state index in [1.807, 2.05) is 35.7 Å². The molecule has 27 heavy (non-hydrogen) atoms. The zero-order valence-corrected chi connectivity index (χ0v) is 15.7. The SMILES string of the molecule is C=CCN(C(=O)Cc1ccc(OC)c(F)c1)c1nc(-c2ccccc2)cs1. The number of aromatic nitrogens is 1. The van der Waals surface area contributed by atoms with Gasteiger partial charge in [-0.1, -0.05) is 42.5 Å². The fourth-order valence-electron chi connectivity index (χ4n) is 2.64. The summed E-state index contributed by atoms with van der Waals surface area (Å²) in [6, 6.07) is 14.3. The van der Waals surface area contributed by atoms with Crippen LogP contribution in [0.4, 0.5) is 9.52 Å². The Bertz CT molecular complexity index is 940. The van der Waals surface area contributed by atoms with Crippen molar-refractivity contribution in [3.8, 4) is 17.0 Å². The smallest absolute Gasteiger partial charge is 0.233 e. The van der Waals surface area contributed by atoms with E-state index in [1.54, 1.807) is 17.0 Å². The molecule has 0 bridgehead atoms. The van der Waals surface area contributed by atoms with Gasteiger partial charge < -0.3 is 4.74 Å². The van der Waals surface area contributed by atoms with Gasteiger partial charge in [0.15, 0.2) is 16.7 Å². The van der Waals surface area contributed by atoms with Crippen molar-refractivity contribution in [1.29, 1.82) is 0 Å². The molecule has 0 saturated heterocycles. The summed E-state index contributed by atoms with van der Waals surface area (Å²) in [6.45, 7) is 4.06. The van der Waals surface area contributed by atoms with Crippen molar-refractivity contribution in [3.63, 3.8) is 0 Å². The van der Waals surface area contributed by atoms with Crippen LogP contribution < -0.4 is 9.64 Å². The average Bonchev–Trinajstić information content (AvgIpc) is 3.16. The molecule has 0 aliphatic rings. The summed E-state index contributed by atoms with van der Waals surface area (Å²) >= 11 is 1.39. The minimum atomic E-state index is -0.487. The van der Waals surface area contributed by atoms with Gasteiger partial charge in [0.2, 0.25) is 5.91 Å². The predicted octanol–water partition coefficient (Wildman–Crippen LogP) is 4.72. The topological polar surface area (TPSA) is 42.4 Å². The average molecular weight is 382 g/mol. The molecule has 0 fully saturated rings. The van der Waals surface area contributed by atoms with Crippen LogP contribution in [0.25, 0.3) is 11.3 Å². The third-order valence-electron chi connectivity index (χ3n) is 3.98. The molecule has 0 N–H and O–H groups in total. The van der Waals surface area contributed by atoms with Crippen molar-refractivity contribution < 1.29 is 13.9 Å². The maximum atomic E-state index is 13.9. The highest BCUT2D eigenvalue weighted by atomic mass is 32.1. The molecule has 0 aliphatic carbocycles. The van der Waals surface area contributed by atoms with E-state index in [2.05, 4.69) is 11.6 Å². The number of nitrogens with zero attached hydrogens (tertiary/aromatic N) is 2. The molecule has 3 aromatic rings. The van der Waals surface area contributed by atoms with Gasteiger partial charge in [0.1, 0.15) is 0 Å². The standard InChI is InChI=1S/C21H19FN2O2S/c1-3-11-24(20(25)13-15-9-10-19(26-2)17(22)12-15)21-23-18(14-27-21)16-7-5-4-6-8-16/h3-10,12,14H,1,11,13H2,2H3. The lowest BCUT2D eigenvalue weighted by Crippen LogP contribution is -2.32. The number of carbonyl (C=O) groups is 1. The number of ether oxygens (including phenoxy) is 1. The molecular weight excluding hydrogens is 363 g/mol. The van der Waals surface area contributed by atoms with E-state index in [0.717, 1.165) is 11.3 Å². The first-order valence-corrected chi connectivity index (χ1v) is 9.25. The first-order valence-electron chi connectivity index (χ1n) is 8.37. The van der Waals surface area contributed by atoms with Crippen LogP contribution in [0.2, 0.25) is 0 Å². The Labute approximate surface area is 161 Å². The lowest BCUT2D eigenvalue weighted by Gasteiger charge is -2.18. The fourth-order valence-corrected chi connectivity index (χ4v) is 3.50. The highest BCUT2D eigenvalue weighted by Crippen LogP contribution is 2.28. The molecule has 1 aromatic heterocycles. The van der Waals surface area contributed by atoms with Crippen LogP contribution in [0, 0.1) is 5.82 Å². The Hall–Kier alpha value is -2.99. The largest absolute Gasteiger partial charge is 0.494 e. The number of benzene rings is 2. The van der Waals surface area contributed by atoms with Crippen molar-refractivity contribution in [1.82, 2.24) is 4.98 Å². The Balaban J connectivity index is 1.81. The highest BCUT2D eigenvalue weighted by Gasteiger charge is 2.19. The number of rotatable bonds is 7. The minimum Gasteiger partial charge on any atom is -0.494 e. The Morgan fingerprint density at radius 1 is 1.30 bits per heavy atom. The number of hydrogen-bond donors (Lipinski definition) is 0. The number of amides is 1. The molecule has 0 unspecified atom stereocenters. The number of halogens is 1. The van der Waals surface area contributed by atoms with Gasteiger partial charge in [0.25, 0.3) is 0 Å². The van der Waals surface area contributed by atoms with Crippen molar-refractivity contribution in [3.05, 3.63) is 77.9 Å². The van der Waals surface area contributed by atoms with Gasteiger partial charge >= 0.3 is 0 Å². The predicted molar refractivity (Wildman–Crippen MR) is 107 cm³/mol. The third kappa shape index (κ3) is 4.41. The van der Waals surface area contributed by atoms with Gasteiger partial charge in [-0.2, -0.15) is 0 Å². The summed E-state index contributed by atoms with van der Waals surface area (Å²) in [5.74, 6) is -0.506. The van der Waals surface area contributed by atoms with Crippen LogP contribution in [0.5, 0.6) is 5.75 Å². The van der Waals surface area contributed by atoms with Crippen LogP contribution in [-0.4, -0.2) is 24.5 Å². The summed E-state index contributed by atoms with van der Waals surface area (Å²) in [5, 5.41) is 2.51. The van der Waals surface area contributed by atoms with E-state index in [9.17, 15) is 9.18 Å². The molecule has 6 heteroatoms. The number of methoxy groups -OCH3 is 1. The van der Waals surface area contributed by atoms with E-state index in [4.69, 9.17) is 4.74 Å². The van der Waals surface area contributed by atoms with Gasteiger partial charge in [0.05, 0.1) is 19.2 Å². The molecule has 4 nitrogen and oxygen atoms in total. The van der Waals surface area contributed by atoms with Crippen molar-refractivity contribution in [2.75, 3.05) is 18.6 Å². The zero-order valence-electron chi connectivity index (χ0n) is 14.9. The lowest BCUT2D eigenvalue weighted by atomic mass is 10.1. The third-order valence-corrected chi connectivity index (χ3v) is 4.84. The van der Waals surface area contributed by atoms with Gasteiger partial charge in [-0.05, 0) is 17.7 Å². The number of carbonyl (C=O) groups excluding carboxylic acids is 1. The zero-order chi connectivity index (χ0) is 19.2. The normalized spacial score (nSPS) is 10.4. The number of hydrogen-bond acceptors (Lipinski definition) is 4. The number of thiazole rings is 1. The summed E-state index contributed by atoms with van der Waals surface area (Å²) < 4.78 is 18.8. The second-order valence-electron chi connectivity index (χ2n) is 5.82. The summed E-state index contributed by atoms with van der Waals surface area (Å²) in [7, 11) is 1.40. The first-order chi connectivity index (χ1) is 13.1. The van der Waals surface area contributed by atoms with Crippen molar-refractivity contribution >= 4 is 22.4 Å². The number of anilines is 1. The Morgan fingerprint density at radius 2 is 2.07 bits per heavy atom. The van der Waals surface area contributed by atoms with Crippen molar-refractivity contribution in [2.45, 2.75) is 6.42 Å². The summed E-state index contributed by atoms with van der Waals surface area (Å²) in [4.78, 5) is 19.0. The molecule has 0 aliphatic heterocycles. The molecule has 0 atom stereocenters. The Kier molecular flexibility index (Phi) is 5.98. The van der Waals surface area contributed by atoms with E-state index >= 15 is 0 Å². The maximum absolute atomic E-state index is 13.9. The minimum absolute atomic E-state index is 0.0645. The molecule has 1 heterocycles. The molecule has 2 aromatic carbocycles. The molecule has 0 saturated carbocycles. The van der Waals surface area contributed by atoms with Crippen molar-refractivity contribution in [2.24, 2.45) is 0 Å². The first kappa shape index (κ1) is 18.8. The second kappa shape index (κ2) is 8.60. The summed E-state index contributed by atoms with van der Waals surface area (Å²) in [6.07, 6.45) is 1.71. The van der Waals surface area contributed by atoms with Crippen LogP contribution in [0.15, 0.2) is 66.6 Å². The molecule has 3 rings (SSSR count). The van der Waals surface area contributed by atoms with E-state index in [-0.39, 0.29) is 18.1 Å². The van der Waals surface area contributed by atoms with Gasteiger partial charge in [-0.15, -0.1) is 17.9 Å². The second-order valence-corrected chi connectivity index (χ2v) is 6.66. The van der Waals surface area contributed by atoms with Crippen LogP contribution >= 0.6 is 11.3 Å². The monoisotopic (exact) mass is 382 g/mol. The molecule has 138 valence electrons. The maximum Gasteiger partial charge on any atom is 0.233 e. The van der Waals surface area contributed by atoms with E-state index < -0.39 is 5.82 Å². The fraction of sp³-hybridized carbons (Fsp3) is 0.143. The van der Waals surface area contributed by atoms with E-state index in [0.29, 0.717) is 17.2 Å². The van der Waals surface area contributed by atoms with Gasteiger partial charge in [-0.3, -0.25) is 9.69 Å². The molecular formula is C21H19FN2O2S. The van der Waals surface area contributed by atoms with E-state index in [1.165, 1.54) is 30.6 Å².